The van der Waals surface area contributed by atoms with Crippen molar-refractivity contribution in [2.45, 2.75) is 56.6 Å². The van der Waals surface area contributed by atoms with Crippen LogP contribution in [0.2, 0.25) is 0 Å². The number of hydrogen-bond donors (Lipinski definition) is 5. The number of nitrogens with one attached hydrogen (secondary N) is 1. The van der Waals surface area contributed by atoms with Gasteiger partial charge in [0.2, 0.25) is 5.75 Å². The van der Waals surface area contributed by atoms with E-state index >= 15 is 4.39 Å². The lowest BCUT2D eigenvalue weighted by Crippen LogP contribution is -2.58. The highest BCUT2D eigenvalue weighted by Crippen LogP contribution is 2.39. The first kappa shape index (κ1) is 25.2. The van der Waals surface area contributed by atoms with Gasteiger partial charge in [-0.1, -0.05) is 16.9 Å². The van der Waals surface area contributed by atoms with Gasteiger partial charge in [-0.2, -0.15) is 0 Å². The number of ether oxygens (including phenoxy) is 2. The Bertz CT molecular complexity index is 918. The van der Waals surface area contributed by atoms with Crippen LogP contribution >= 0.6 is 8.17 Å². The number of alkyl halides is 1. The molecule has 0 saturated carbocycles. The highest BCUT2D eigenvalue weighted by Gasteiger charge is 2.57. The van der Waals surface area contributed by atoms with Gasteiger partial charge in [-0.25, -0.2) is 14.5 Å². The quantitative estimate of drug-likeness (QED) is 0.300. The number of aliphatic hydroxyl groups excluding tert-OH is 3. The lowest BCUT2D eigenvalue weighted by atomic mass is 9.98. The van der Waals surface area contributed by atoms with Crippen LogP contribution in [0.1, 0.15) is 13.8 Å². The molecule has 2 aliphatic heterocycles. The second-order valence-electron chi connectivity index (χ2n) is 7.61. The highest BCUT2D eigenvalue weighted by molar-refractivity contribution is 7.34. The topological polar surface area (TPSA) is 176 Å². The van der Waals surface area contributed by atoms with Crippen molar-refractivity contribution in [1.29, 1.82) is 0 Å². The molecule has 2 heterocycles. The molecule has 3 unspecified atom stereocenters. The highest BCUT2D eigenvalue weighted by atomic mass is 31.1. The molecule has 33 heavy (non-hydrogen) atoms. The normalized spacial score (nSPS) is 33.1. The maximum Gasteiger partial charge on any atom is 0.395 e. The monoisotopic (exact) mass is 489 g/mol. The zero-order valence-electron chi connectivity index (χ0n) is 17.7. The van der Waals surface area contributed by atoms with E-state index in [4.69, 9.17) is 19.1 Å². The van der Waals surface area contributed by atoms with Crippen molar-refractivity contribution in [2.24, 2.45) is 4.74 Å². The van der Waals surface area contributed by atoms with Crippen LogP contribution in [0.3, 0.4) is 0 Å². The molecule has 1 fully saturated rings. The van der Waals surface area contributed by atoms with Crippen molar-refractivity contribution in [3.05, 3.63) is 36.5 Å². The number of carboxylic acid groups (broad SMARTS) is 1. The van der Waals surface area contributed by atoms with Crippen LogP contribution in [0.15, 0.2) is 41.3 Å². The molecule has 2 aliphatic rings. The zero-order valence-corrected chi connectivity index (χ0v) is 18.6. The molecule has 12 nitrogen and oxygen atoms in total. The Kier molecular flexibility index (Phi) is 7.85. The summed E-state index contributed by atoms with van der Waals surface area (Å²) in [6.45, 7) is 2.02. The van der Waals surface area contributed by atoms with Gasteiger partial charge in [-0.15, -0.1) is 0 Å². The molecule has 0 amide bonds. The summed E-state index contributed by atoms with van der Waals surface area (Å²) in [6.07, 6.45) is -4.24. The van der Waals surface area contributed by atoms with Crippen molar-refractivity contribution in [3.63, 3.8) is 0 Å². The fourth-order valence-corrected chi connectivity index (χ4v) is 4.00. The van der Waals surface area contributed by atoms with Gasteiger partial charge in [0.05, 0.1) is 0 Å². The third kappa shape index (κ3) is 5.76. The zero-order chi connectivity index (χ0) is 24.3. The van der Waals surface area contributed by atoms with Crippen molar-refractivity contribution >= 4 is 14.1 Å². The van der Waals surface area contributed by atoms with E-state index in [1.165, 1.54) is 31.3 Å². The second kappa shape index (κ2) is 10.3. The first-order chi connectivity index (χ1) is 15.5. The largest absolute Gasteiger partial charge is 0.575 e. The molecule has 0 aliphatic carbocycles. The second-order valence-corrected chi connectivity index (χ2v) is 8.50. The number of rotatable bonds is 8. The molecular weight excluding hydrogens is 464 g/mol. The predicted molar refractivity (Wildman–Crippen MR) is 109 cm³/mol. The number of carbonyl (C=O) groups is 1. The van der Waals surface area contributed by atoms with Crippen molar-refractivity contribution < 1.29 is 48.5 Å². The summed E-state index contributed by atoms with van der Waals surface area (Å²) in [5.41, 5.74) is -2.31. The molecular formula is C19H25FN3O9P. The molecule has 5 N–H and O–H groups in total. The van der Waals surface area contributed by atoms with Crippen LogP contribution in [0.25, 0.3) is 0 Å². The minimum absolute atomic E-state index is 0.000398. The number of hydrogen-bond acceptors (Lipinski definition) is 11. The first-order valence-corrected chi connectivity index (χ1v) is 11.0. The predicted octanol–water partition coefficient (Wildman–Crippen LogP) is -0.400. The SMILES string of the molecule is C[C@H](N=[P+]([O-])Oc1ccccc1OC[C@H]1O[C@@H](N2C=CC(O)NC2O)[C@](C)(F)[C@@H]1O)C(=O)O. The van der Waals surface area contributed by atoms with Crippen molar-refractivity contribution in [3.8, 4) is 11.5 Å². The van der Waals surface area contributed by atoms with Crippen molar-refractivity contribution in [2.75, 3.05) is 6.61 Å². The molecule has 0 bridgehead atoms. The van der Waals surface area contributed by atoms with Crippen LogP contribution in [0.4, 0.5) is 4.39 Å². The van der Waals surface area contributed by atoms with E-state index in [-0.39, 0.29) is 18.1 Å². The van der Waals surface area contributed by atoms with Gasteiger partial charge in [-0.3, -0.25) is 4.52 Å². The van der Waals surface area contributed by atoms with Crippen LogP contribution in [0, 0.1) is 0 Å². The maximum absolute atomic E-state index is 15.3. The summed E-state index contributed by atoms with van der Waals surface area (Å²) in [6, 6.07) is 4.80. The van der Waals surface area contributed by atoms with E-state index in [9.17, 15) is 25.0 Å². The summed E-state index contributed by atoms with van der Waals surface area (Å²) in [4.78, 5) is 23.9. The van der Waals surface area contributed by atoms with E-state index in [0.29, 0.717) is 0 Å². The Morgan fingerprint density at radius 3 is 2.70 bits per heavy atom. The fourth-order valence-electron chi connectivity index (χ4n) is 3.25. The number of aliphatic hydroxyl groups is 3. The molecule has 8 atom stereocenters. The lowest BCUT2D eigenvalue weighted by molar-refractivity contribution is -0.169. The molecule has 182 valence electrons. The minimum atomic E-state index is -2.71. The smallest absolute Gasteiger partial charge is 0.395 e. The van der Waals surface area contributed by atoms with Gasteiger partial charge in [0.15, 0.2) is 30.0 Å². The minimum Gasteiger partial charge on any atom is -0.575 e. The van der Waals surface area contributed by atoms with Crippen LogP contribution in [0.5, 0.6) is 11.5 Å². The average Bonchev–Trinajstić information content (AvgIpc) is 2.96. The van der Waals surface area contributed by atoms with Gasteiger partial charge in [-0.05, 0) is 32.1 Å². The number of halogens is 1. The van der Waals surface area contributed by atoms with Gasteiger partial charge < -0.3 is 39.7 Å². The summed E-state index contributed by atoms with van der Waals surface area (Å²) >= 11 is 0. The standard InChI is InChI=1S/C19H25FN3O9P/c1-10(16(26)27)22-33(29)32-12-6-4-3-5-11(12)30-9-13-15(25)19(2,20)17(31-13)23-8-7-14(24)21-18(23)28/h3-8,10,13-15,17-18,21,24-25,28H,9H2,1-2H3,(H,26,27)/t10-,13+,14?,15+,17+,18?,19+/m0/s1. The molecule has 3 rings (SSSR count). The molecule has 0 radical (unpaired) electrons. The summed E-state index contributed by atoms with van der Waals surface area (Å²) in [7, 11) is -2.71. The first-order valence-electron chi connectivity index (χ1n) is 9.91. The molecule has 0 spiro atoms. The Labute approximate surface area is 189 Å². The average molecular weight is 489 g/mol. The summed E-state index contributed by atoms with van der Waals surface area (Å²) < 4.78 is 35.2. The Balaban J connectivity index is 1.69. The van der Waals surface area contributed by atoms with Crippen molar-refractivity contribution in [1.82, 2.24) is 10.2 Å². The third-order valence-corrected chi connectivity index (χ3v) is 5.97. The molecule has 0 aromatic heterocycles. The van der Waals surface area contributed by atoms with Gasteiger partial charge in [0.1, 0.15) is 25.0 Å². The number of nitrogens with zero attached hydrogens (tertiary/aromatic N) is 2. The fraction of sp³-hybridized carbons (Fsp3) is 0.526. The molecule has 1 aromatic carbocycles. The van der Waals surface area contributed by atoms with Gasteiger partial charge >= 0.3 is 14.1 Å². The van der Waals surface area contributed by atoms with E-state index < -0.39 is 56.9 Å². The van der Waals surface area contributed by atoms with Crippen LogP contribution in [-0.4, -0.2) is 80.6 Å². The number of para-hydroxylation sites is 2. The molecule has 1 aromatic rings. The molecule has 14 heteroatoms. The number of aliphatic carboxylic acids is 1. The lowest BCUT2D eigenvalue weighted by Gasteiger charge is -2.39. The molecule has 1 saturated heterocycles. The van der Waals surface area contributed by atoms with E-state index in [0.717, 1.165) is 11.8 Å². The van der Waals surface area contributed by atoms with Gasteiger partial charge in [0, 0.05) is 6.20 Å². The van der Waals surface area contributed by atoms with Crippen LogP contribution < -0.4 is 19.5 Å². The summed E-state index contributed by atoms with van der Waals surface area (Å²) in [5.74, 6) is -1.18. The number of carboxylic acids is 1. The number of benzene rings is 1. The van der Waals surface area contributed by atoms with E-state index in [1.54, 1.807) is 12.1 Å². The third-order valence-electron chi connectivity index (χ3n) is 5.08. The Morgan fingerprint density at radius 2 is 2.06 bits per heavy atom. The van der Waals surface area contributed by atoms with Gasteiger partial charge in [0.25, 0.3) is 0 Å². The Hall–Kier alpha value is -2.38. The van der Waals surface area contributed by atoms with Crippen LogP contribution in [-0.2, 0) is 9.53 Å². The Morgan fingerprint density at radius 1 is 1.39 bits per heavy atom. The van der Waals surface area contributed by atoms with E-state index in [1.807, 2.05) is 0 Å². The maximum atomic E-state index is 15.3. The van der Waals surface area contributed by atoms with E-state index in [2.05, 4.69) is 10.1 Å². The summed E-state index contributed by atoms with van der Waals surface area (Å²) in [5, 5.41) is 41.3.